The van der Waals surface area contributed by atoms with Crippen molar-refractivity contribution in [3.8, 4) is 11.5 Å². The molecule has 30 heavy (non-hydrogen) atoms. The Hall–Kier alpha value is -3.79. The van der Waals surface area contributed by atoms with Gasteiger partial charge in [0.25, 0.3) is 5.91 Å². The third-order valence-electron chi connectivity index (χ3n) is 5.43. The third-order valence-corrected chi connectivity index (χ3v) is 5.43. The molecule has 0 radical (unpaired) electrons. The van der Waals surface area contributed by atoms with E-state index >= 15 is 0 Å². The molecular formula is C26H22N2O2. The van der Waals surface area contributed by atoms with Crippen molar-refractivity contribution in [3.05, 3.63) is 114 Å². The number of anilines is 1. The molecular weight excluding hydrogens is 372 g/mol. The minimum atomic E-state index is -0.0504. The summed E-state index contributed by atoms with van der Waals surface area (Å²) in [6.07, 6.45) is 7.01. The van der Waals surface area contributed by atoms with Crippen LogP contribution in [0.25, 0.3) is 0 Å². The van der Waals surface area contributed by atoms with E-state index in [1.165, 1.54) is 5.56 Å². The number of hydrogen-bond donors (Lipinski definition) is 0. The Labute approximate surface area is 176 Å². The number of rotatable bonds is 3. The fraction of sp³-hybridized carbons (Fsp3) is 0.115. The van der Waals surface area contributed by atoms with Crippen molar-refractivity contribution in [2.45, 2.75) is 19.9 Å². The second-order valence-corrected chi connectivity index (χ2v) is 7.58. The predicted molar refractivity (Wildman–Crippen MR) is 118 cm³/mol. The Kier molecular flexibility index (Phi) is 4.60. The lowest BCUT2D eigenvalue weighted by atomic mass is 10.1. The number of ether oxygens (including phenoxy) is 1. The highest BCUT2D eigenvalue weighted by molar-refractivity contribution is 6.08. The Balaban J connectivity index is 1.42. The van der Waals surface area contributed by atoms with E-state index in [1.807, 2.05) is 79.9 Å². The number of amides is 1. The van der Waals surface area contributed by atoms with E-state index in [9.17, 15) is 4.79 Å². The predicted octanol–water partition coefficient (Wildman–Crippen LogP) is 6.01. The molecule has 148 valence electrons. The molecule has 5 rings (SSSR count). The Morgan fingerprint density at radius 3 is 2.37 bits per heavy atom. The van der Waals surface area contributed by atoms with Gasteiger partial charge < -0.3 is 9.64 Å². The number of para-hydroxylation sites is 1. The lowest BCUT2D eigenvalue weighted by molar-refractivity contribution is 0.0997. The first-order chi connectivity index (χ1) is 14.7. The molecule has 0 aromatic heterocycles. The van der Waals surface area contributed by atoms with Gasteiger partial charge in [-0.2, -0.15) is 0 Å². The van der Waals surface area contributed by atoms with Crippen LogP contribution in [0.2, 0.25) is 0 Å². The Morgan fingerprint density at radius 1 is 0.900 bits per heavy atom. The van der Waals surface area contributed by atoms with Crippen LogP contribution >= 0.6 is 0 Å². The first-order valence-electron chi connectivity index (χ1n) is 10.1. The molecule has 0 bridgehead atoms. The quantitative estimate of drug-likeness (QED) is 0.545. The monoisotopic (exact) mass is 394 g/mol. The van der Waals surface area contributed by atoms with E-state index in [1.54, 1.807) is 4.90 Å². The van der Waals surface area contributed by atoms with Crippen molar-refractivity contribution >= 4 is 11.6 Å². The maximum Gasteiger partial charge on any atom is 0.262 e. The second-order valence-electron chi connectivity index (χ2n) is 7.58. The summed E-state index contributed by atoms with van der Waals surface area (Å²) in [7, 11) is 0. The fourth-order valence-corrected chi connectivity index (χ4v) is 3.79. The Bertz CT molecular complexity index is 1140. The van der Waals surface area contributed by atoms with Crippen molar-refractivity contribution in [2.75, 3.05) is 4.90 Å². The van der Waals surface area contributed by atoms with Crippen LogP contribution in [0.4, 0.5) is 5.69 Å². The number of aryl methyl sites for hydroxylation is 1. The molecule has 0 unspecified atom stereocenters. The molecule has 0 N–H and O–H groups in total. The summed E-state index contributed by atoms with van der Waals surface area (Å²) in [6.45, 7) is 2.81. The van der Waals surface area contributed by atoms with Crippen LogP contribution in [0.1, 0.15) is 27.9 Å². The van der Waals surface area contributed by atoms with E-state index in [2.05, 4.69) is 23.2 Å². The molecule has 3 aromatic rings. The zero-order valence-electron chi connectivity index (χ0n) is 16.8. The molecule has 4 nitrogen and oxygen atoms in total. The second kappa shape index (κ2) is 7.56. The normalized spacial score (nSPS) is 14.6. The standard InChI is InChI=1S/C26H22N2O2/c1-19-8-12-23(13-9-19)30-24-14-10-20(11-15-24)26(29)28-18-22-6-4-16-27(22)17-21-5-2-3-7-25(21)28/h2-5,7-16,18H,6,17H2,1H3. The van der Waals surface area contributed by atoms with Crippen LogP contribution in [0.5, 0.6) is 11.5 Å². The minimum absolute atomic E-state index is 0.0504. The first kappa shape index (κ1) is 18.3. The molecule has 2 aliphatic heterocycles. The zero-order chi connectivity index (χ0) is 20.5. The van der Waals surface area contributed by atoms with Gasteiger partial charge in [-0.3, -0.25) is 9.69 Å². The summed E-state index contributed by atoms with van der Waals surface area (Å²) in [6, 6.07) is 23.3. The lowest BCUT2D eigenvalue weighted by Gasteiger charge is -2.20. The zero-order valence-corrected chi connectivity index (χ0v) is 16.8. The highest BCUT2D eigenvalue weighted by Gasteiger charge is 2.25. The number of nitrogens with zero attached hydrogens (tertiary/aromatic N) is 2. The van der Waals surface area contributed by atoms with E-state index in [0.29, 0.717) is 11.3 Å². The van der Waals surface area contributed by atoms with Crippen molar-refractivity contribution in [2.24, 2.45) is 0 Å². The molecule has 0 atom stereocenters. The molecule has 0 aliphatic carbocycles. The summed E-state index contributed by atoms with van der Waals surface area (Å²) in [4.78, 5) is 17.4. The molecule has 1 amide bonds. The SMILES string of the molecule is Cc1ccc(Oc2ccc(C(=O)N3C=C4CC=CN4Cc4ccccc43)cc2)cc1. The average Bonchev–Trinajstić information content (AvgIpc) is 3.14. The summed E-state index contributed by atoms with van der Waals surface area (Å²) < 4.78 is 5.89. The summed E-state index contributed by atoms with van der Waals surface area (Å²) in [5.41, 5.74) is 4.99. The molecule has 0 saturated heterocycles. The van der Waals surface area contributed by atoms with E-state index < -0.39 is 0 Å². The van der Waals surface area contributed by atoms with Gasteiger partial charge in [-0.1, -0.05) is 42.0 Å². The van der Waals surface area contributed by atoms with E-state index in [0.717, 1.165) is 35.7 Å². The van der Waals surface area contributed by atoms with Gasteiger partial charge in [0, 0.05) is 36.6 Å². The van der Waals surface area contributed by atoms with Gasteiger partial charge in [0.05, 0.1) is 5.69 Å². The summed E-state index contributed by atoms with van der Waals surface area (Å²) >= 11 is 0. The number of fused-ring (bicyclic) bond motifs is 2. The van der Waals surface area contributed by atoms with Crippen LogP contribution in [0.15, 0.2) is 97.0 Å². The fourth-order valence-electron chi connectivity index (χ4n) is 3.79. The molecule has 2 aliphatic rings. The summed E-state index contributed by atoms with van der Waals surface area (Å²) in [5.74, 6) is 1.43. The number of benzene rings is 3. The maximum atomic E-state index is 13.4. The number of allylic oxidation sites excluding steroid dienone is 1. The highest BCUT2D eigenvalue weighted by atomic mass is 16.5. The van der Waals surface area contributed by atoms with Gasteiger partial charge in [-0.25, -0.2) is 0 Å². The van der Waals surface area contributed by atoms with Crippen LogP contribution < -0.4 is 9.64 Å². The van der Waals surface area contributed by atoms with Gasteiger partial charge in [0.2, 0.25) is 0 Å². The number of carbonyl (C=O) groups excluding carboxylic acids is 1. The van der Waals surface area contributed by atoms with Gasteiger partial charge in [-0.05, 0) is 55.0 Å². The van der Waals surface area contributed by atoms with Gasteiger partial charge in [0.1, 0.15) is 11.5 Å². The molecule has 0 saturated carbocycles. The molecule has 4 heteroatoms. The van der Waals surface area contributed by atoms with Crippen molar-refractivity contribution in [3.63, 3.8) is 0 Å². The molecule has 0 fully saturated rings. The van der Waals surface area contributed by atoms with Crippen LogP contribution in [0, 0.1) is 6.92 Å². The van der Waals surface area contributed by atoms with Gasteiger partial charge in [-0.15, -0.1) is 0 Å². The third kappa shape index (κ3) is 3.48. The first-order valence-corrected chi connectivity index (χ1v) is 10.1. The van der Waals surface area contributed by atoms with Crippen molar-refractivity contribution < 1.29 is 9.53 Å². The van der Waals surface area contributed by atoms with E-state index in [-0.39, 0.29) is 5.91 Å². The largest absolute Gasteiger partial charge is 0.457 e. The van der Waals surface area contributed by atoms with Crippen molar-refractivity contribution in [1.29, 1.82) is 0 Å². The molecule has 0 spiro atoms. The lowest BCUT2D eigenvalue weighted by Crippen LogP contribution is -2.26. The smallest absolute Gasteiger partial charge is 0.262 e. The van der Waals surface area contributed by atoms with Crippen LogP contribution in [-0.2, 0) is 6.54 Å². The molecule has 3 aromatic carbocycles. The van der Waals surface area contributed by atoms with E-state index in [4.69, 9.17) is 4.74 Å². The van der Waals surface area contributed by atoms with Crippen LogP contribution in [-0.4, -0.2) is 10.8 Å². The molecule has 2 heterocycles. The number of carbonyl (C=O) groups is 1. The summed E-state index contributed by atoms with van der Waals surface area (Å²) in [5, 5.41) is 0. The van der Waals surface area contributed by atoms with Gasteiger partial charge >= 0.3 is 0 Å². The minimum Gasteiger partial charge on any atom is -0.457 e. The topological polar surface area (TPSA) is 32.8 Å². The van der Waals surface area contributed by atoms with Gasteiger partial charge in [0.15, 0.2) is 0 Å². The Morgan fingerprint density at radius 2 is 1.60 bits per heavy atom. The number of hydrogen-bond acceptors (Lipinski definition) is 3. The van der Waals surface area contributed by atoms with Crippen molar-refractivity contribution in [1.82, 2.24) is 4.90 Å². The highest BCUT2D eigenvalue weighted by Crippen LogP contribution is 2.33. The average molecular weight is 394 g/mol. The van der Waals surface area contributed by atoms with Crippen LogP contribution in [0.3, 0.4) is 0 Å². The maximum absolute atomic E-state index is 13.4.